The molecule has 0 heterocycles. The van der Waals surface area contributed by atoms with Gasteiger partial charge in [-0.1, -0.05) is 58.4 Å². The lowest BCUT2D eigenvalue weighted by atomic mass is 9.86. The summed E-state index contributed by atoms with van der Waals surface area (Å²) in [5.41, 5.74) is 3.10. The molecule has 1 unspecified atom stereocenters. The standard InChI is InChI=1S/C17H29N/c1-6-7-12-18-14(2)13-15-8-10-16(11-9-15)17(3,4)5/h8-11,14,18H,6-7,12-13H2,1-5H3. The van der Waals surface area contributed by atoms with E-state index in [2.05, 4.69) is 64.2 Å². The van der Waals surface area contributed by atoms with Crippen LogP contribution < -0.4 is 5.32 Å². The zero-order valence-electron chi connectivity index (χ0n) is 12.7. The minimum atomic E-state index is 0.253. The van der Waals surface area contributed by atoms with E-state index in [1.54, 1.807) is 0 Å². The third kappa shape index (κ3) is 5.22. The van der Waals surface area contributed by atoms with E-state index in [1.165, 1.54) is 24.0 Å². The highest BCUT2D eigenvalue weighted by Crippen LogP contribution is 2.22. The zero-order chi connectivity index (χ0) is 13.6. The molecule has 0 aromatic heterocycles. The smallest absolute Gasteiger partial charge is 0.00791 e. The van der Waals surface area contributed by atoms with Crippen molar-refractivity contribution in [3.8, 4) is 0 Å². The largest absolute Gasteiger partial charge is 0.314 e. The molecular formula is C17H29N. The molecule has 0 aliphatic rings. The van der Waals surface area contributed by atoms with Gasteiger partial charge in [0.25, 0.3) is 0 Å². The van der Waals surface area contributed by atoms with Gasteiger partial charge in [0.05, 0.1) is 0 Å². The van der Waals surface area contributed by atoms with Crippen molar-refractivity contribution >= 4 is 0 Å². The van der Waals surface area contributed by atoms with E-state index in [0.29, 0.717) is 6.04 Å². The van der Waals surface area contributed by atoms with Gasteiger partial charge in [0.2, 0.25) is 0 Å². The first-order valence-corrected chi connectivity index (χ1v) is 7.26. The topological polar surface area (TPSA) is 12.0 Å². The van der Waals surface area contributed by atoms with E-state index in [4.69, 9.17) is 0 Å². The number of benzene rings is 1. The van der Waals surface area contributed by atoms with Crippen molar-refractivity contribution in [1.82, 2.24) is 5.32 Å². The van der Waals surface area contributed by atoms with Crippen LogP contribution in [0.4, 0.5) is 0 Å². The fraction of sp³-hybridized carbons (Fsp3) is 0.647. The second-order valence-corrected chi connectivity index (χ2v) is 6.36. The highest BCUT2D eigenvalue weighted by molar-refractivity contribution is 5.27. The van der Waals surface area contributed by atoms with Crippen LogP contribution in [0, 0.1) is 0 Å². The molecule has 1 aromatic rings. The van der Waals surface area contributed by atoms with Crippen LogP contribution in [-0.4, -0.2) is 12.6 Å². The fourth-order valence-electron chi connectivity index (χ4n) is 2.09. The van der Waals surface area contributed by atoms with Gasteiger partial charge >= 0.3 is 0 Å². The average molecular weight is 247 g/mol. The minimum Gasteiger partial charge on any atom is -0.314 e. The first-order valence-electron chi connectivity index (χ1n) is 7.26. The summed E-state index contributed by atoms with van der Waals surface area (Å²) in [6, 6.07) is 9.66. The molecule has 1 aromatic carbocycles. The third-order valence-electron chi connectivity index (χ3n) is 3.38. The van der Waals surface area contributed by atoms with Crippen molar-refractivity contribution in [2.24, 2.45) is 0 Å². The molecule has 1 atom stereocenters. The Morgan fingerprint density at radius 2 is 1.72 bits per heavy atom. The van der Waals surface area contributed by atoms with E-state index in [1.807, 2.05) is 0 Å². The van der Waals surface area contributed by atoms with Crippen LogP contribution >= 0.6 is 0 Å². The molecule has 18 heavy (non-hydrogen) atoms. The van der Waals surface area contributed by atoms with Gasteiger partial charge in [-0.15, -0.1) is 0 Å². The molecule has 0 spiro atoms. The summed E-state index contributed by atoms with van der Waals surface area (Å²) in [6.45, 7) is 12.4. The second-order valence-electron chi connectivity index (χ2n) is 6.36. The molecule has 1 nitrogen and oxygen atoms in total. The summed E-state index contributed by atoms with van der Waals surface area (Å²) in [5.74, 6) is 0. The van der Waals surface area contributed by atoms with Crippen LogP contribution in [0.3, 0.4) is 0 Å². The van der Waals surface area contributed by atoms with Crippen molar-refractivity contribution in [3.63, 3.8) is 0 Å². The van der Waals surface area contributed by atoms with Gasteiger partial charge in [-0.2, -0.15) is 0 Å². The predicted octanol–water partition coefficient (Wildman–Crippen LogP) is 4.30. The fourth-order valence-corrected chi connectivity index (χ4v) is 2.09. The van der Waals surface area contributed by atoms with Gasteiger partial charge < -0.3 is 5.32 Å². The number of hydrogen-bond donors (Lipinski definition) is 1. The van der Waals surface area contributed by atoms with Gasteiger partial charge in [0, 0.05) is 6.04 Å². The first-order chi connectivity index (χ1) is 8.43. The maximum absolute atomic E-state index is 3.58. The molecule has 102 valence electrons. The highest BCUT2D eigenvalue weighted by Gasteiger charge is 2.13. The van der Waals surface area contributed by atoms with Gasteiger partial charge in [0.1, 0.15) is 0 Å². The Kier molecular flexibility index (Phi) is 5.87. The molecule has 0 radical (unpaired) electrons. The normalized spacial score (nSPS) is 13.6. The lowest BCUT2D eigenvalue weighted by Crippen LogP contribution is -2.28. The second kappa shape index (κ2) is 6.94. The molecular weight excluding hydrogens is 218 g/mol. The number of unbranched alkanes of at least 4 members (excludes halogenated alkanes) is 1. The van der Waals surface area contributed by atoms with E-state index < -0.39 is 0 Å². The monoisotopic (exact) mass is 247 g/mol. The summed E-state index contributed by atoms with van der Waals surface area (Å²) in [4.78, 5) is 0. The van der Waals surface area contributed by atoms with Gasteiger partial charge in [0.15, 0.2) is 0 Å². The average Bonchev–Trinajstić information content (AvgIpc) is 2.29. The lowest BCUT2D eigenvalue weighted by Gasteiger charge is -2.20. The number of rotatable bonds is 6. The molecule has 1 rings (SSSR count). The summed E-state index contributed by atoms with van der Waals surface area (Å²) in [6.07, 6.45) is 3.65. The Bertz CT molecular complexity index is 332. The Balaban J connectivity index is 2.48. The molecule has 0 amide bonds. The Hall–Kier alpha value is -0.820. The summed E-state index contributed by atoms with van der Waals surface area (Å²) in [7, 11) is 0. The minimum absolute atomic E-state index is 0.253. The molecule has 1 N–H and O–H groups in total. The summed E-state index contributed by atoms with van der Waals surface area (Å²) in [5, 5.41) is 3.58. The molecule has 0 bridgehead atoms. The molecule has 0 saturated carbocycles. The molecule has 0 fully saturated rings. The van der Waals surface area contributed by atoms with Crippen LogP contribution in [-0.2, 0) is 11.8 Å². The van der Waals surface area contributed by atoms with Gasteiger partial charge in [-0.25, -0.2) is 0 Å². The molecule has 0 saturated heterocycles. The van der Waals surface area contributed by atoms with Crippen LogP contribution in [0.25, 0.3) is 0 Å². The Labute approximate surface area is 113 Å². The number of nitrogens with one attached hydrogen (secondary N) is 1. The Morgan fingerprint density at radius 3 is 2.22 bits per heavy atom. The third-order valence-corrected chi connectivity index (χ3v) is 3.38. The zero-order valence-corrected chi connectivity index (χ0v) is 12.7. The quantitative estimate of drug-likeness (QED) is 0.739. The SMILES string of the molecule is CCCCNC(C)Cc1ccc(C(C)(C)C)cc1. The maximum Gasteiger partial charge on any atom is 0.00791 e. The first kappa shape index (κ1) is 15.2. The maximum atomic E-state index is 3.58. The van der Waals surface area contributed by atoms with Gasteiger partial charge in [-0.3, -0.25) is 0 Å². The van der Waals surface area contributed by atoms with E-state index in [0.717, 1.165) is 13.0 Å². The van der Waals surface area contributed by atoms with Crippen molar-refractivity contribution in [2.45, 2.75) is 65.3 Å². The van der Waals surface area contributed by atoms with Crippen LogP contribution in [0.2, 0.25) is 0 Å². The van der Waals surface area contributed by atoms with Crippen LogP contribution in [0.5, 0.6) is 0 Å². The summed E-state index contributed by atoms with van der Waals surface area (Å²) < 4.78 is 0. The Morgan fingerprint density at radius 1 is 1.11 bits per heavy atom. The molecule has 0 aliphatic heterocycles. The van der Waals surface area contributed by atoms with Crippen molar-refractivity contribution < 1.29 is 0 Å². The van der Waals surface area contributed by atoms with Gasteiger partial charge in [-0.05, 0) is 42.9 Å². The summed E-state index contributed by atoms with van der Waals surface area (Å²) >= 11 is 0. The van der Waals surface area contributed by atoms with Crippen LogP contribution in [0.1, 0.15) is 58.6 Å². The highest BCUT2D eigenvalue weighted by atomic mass is 14.9. The lowest BCUT2D eigenvalue weighted by molar-refractivity contribution is 0.530. The predicted molar refractivity (Wildman–Crippen MR) is 81.2 cm³/mol. The van der Waals surface area contributed by atoms with E-state index in [9.17, 15) is 0 Å². The molecule has 1 heteroatoms. The van der Waals surface area contributed by atoms with Crippen molar-refractivity contribution in [2.75, 3.05) is 6.54 Å². The number of hydrogen-bond acceptors (Lipinski definition) is 1. The van der Waals surface area contributed by atoms with E-state index in [-0.39, 0.29) is 5.41 Å². The van der Waals surface area contributed by atoms with E-state index >= 15 is 0 Å². The van der Waals surface area contributed by atoms with Crippen molar-refractivity contribution in [1.29, 1.82) is 0 Å². The van der Waals surface area contributed by atoms with Crippen molar-refractivity contribution in [3.05, 3.63) is 35.4 Å². The van der Waals surface area contributed by atoms with Crippen LogP contribution in [0.15, 0.2) is 24.3 Å². The molecule has 0 aliphatic carbocycles.